The Morgan fingerprint density at radius 3 is 2.40 bits per heavy atom. The first-order valence-electron chi connectivity index (χ1n) is 4.08. The van der Waals surface area contributed by atoms with Gasteiger partial charge in [0.05, 0.1) is 0 Å². The van der Waals surface area contributed by atoms with E-state index in [1.807, 2.05) is 6.08 Å². The van der Waals surface area contributed by atoms with Crippen LogP contribution in [0.25, 0.3) is 0 Å². The summed E-state index contributed by atoms with van der Waals surface area (Å²) in [4.78, 5) is 0. The van der Waals surface area contributed by atoms with E-state index in [1.54, 1.807) is 0 Å². The van der Waals surface area contributed by atoms with Gasteiger partial charge in [-0.1, -0.05) is 25.5 Å². The summed E-state index contributed by atoms with van der Waals surface area (Å²) in [5.41, 5.74) is 0. The fourth-order valence-corrected chi connectivity index (χ4v) is 1.08. The van der Waals surface area contributed by atoms with Gasteiger partial charge in [-0.2, -0.15) is 0 Å². The summed E-state index contributed by atoms with van der Waals surface area (Å²) in [6.07, 6.45) is 8.92. The Balaban J connectivity index is 3.38. The predicted molar refractivity (Wildman–Crippen MR) is 48.0 cm³/mol. The average molecular weight is 138 g/mol. The minimum Gasteiger partial charge on any atom is -0.103 e. The molecule has 0 nitrogen and oxygen atoms in total. The van der Waals surface area contributed by atoms with Crippen LogP contribution in [-0.2, 0) is 0 Å². The molecule has 0 aromatic carbocycles. The Kier molecular flexibility index (Phi) is 6.25. The summed E-state index contributed by atoms with van der Waals surface area (Å²) in [7, 11) is 0. The summed E-state index contributed by atoms with van der Waals surface area (Å²) < 4.78 is 0. The number of rotatable bonds is 6. The molecule has 0 radical (unpaired) electrons. The quantitative estimate of drug-likeness (QED) is 0.492. The SMILES string of the molecule is C=CCCC(C=C)CCC. The van der Waals surface area contributed by atoms with E-state index in [9.17, 15) is 0 Å². The lowest BCUT2D eigenvalue weighted by Crippen LogP contribution is -1.93. The second kappa shape index (κ2) is 6.60. The van der Waals surface area contributed by atoms with Gasteiger partial charge in [-0.3, -0.25) is 0 Å². The van der Waals surface area contributed by atoms with E-state index in [2.05, 4.69) is 26.2 Å². The first kappa shape index (κ1) is 9.48. The smallest absolute Gasteiger partial charge is 0.0233 e. The minimum absolute atomic E-state index is 0.711. The standard InChI is InChI=1S/C10H18/c1-4-7-9-10(6-3)8-5-2/h4,6,10H,1,3,5,7-9H2,2H3. The van der Waals surface area contributed by atoms with Crippen molar-refractivity contribution in [3.63, 3.8) is 0 Å². The van der Waals surface area contributed by atoms with Gasteiger partial charge in [-0.15, -0.1) is 13.2 Å². The van der Waals surface area contributed by atoms with E-state index in [4.69, 9.17) is 0 Å². The van der Waals surface area contributed by atoms with Crippen molar-refractivity contribution in [2.75, 3.05) is 0 Å². The van der Waals surface area contributed by atoms with Crippen LogP contribution in [0.2, 0.25) is 0 Å². The summed E-state index contributed by atoms with van der Waals surface area (Å²) in [5.74, 6) is 0.711. The molecule has 0 aliphatic carbocycles. The Morgan fingerprint density at radius 1 is 1.30 bits per heavy atom. The summed E-state index contributed by atoms with van der Waals surface area (Å²) in [6.45, 7) is 9.70. The van der Waals surface area contributed by atoms with Gasteiger partial charge in [0.1, 0.15) is 0 Å². The molecule has 0 aromatic heterocycles. The highest BCUT2D eigenvalue weighted by Gasteiger charge is 1.99. The van der Waals surface area contributed by atoms with E-state index >= 15 is 0 Å². The summed E-state index contributed by atoms with van der Waals surface area (Å²) in [5, 5.41) is 0. The Hall–Kier alpha value is -0.520. The van der Waals surface area contributed by atoms with Crippen molar-refractivity contribution in [1.82, 2.24) is 0 Å². The molecule has 0 aliphatic rings. The molecule has 58 valence electrons. The molecule has 0 rings (SSSR count). The lowest BCUT2D eigenvalue weighted by molar-refractivity contribution is 0.543. The van der Waals surface area contributed by atoms with Crippen molar-refractivity contribution < 1.29 is 0 Å². The zero-order chi connectivity index (χ0) is 7.82. The van der Waals surface area contributed by atoms with E-state index in [-0.39, 0.29) is 0 Å². The zero-order valence-corrected chi connectivity index (χ0v) is 6.97. The van der Waals surface area contributed by atoms with E-state index in [0.29, 0.717) is 5.92 Å². The van der Waals surface area contributed by atoms with Crippen LogP contribution in [0.15, 0.2) is 25.3 Å². The van der Waals surface area contributed by atoms with Crippen molar-refractivity contribution in [3.05, 3.63) is 25.3 Å². The van der Waals surface area contributed by atoms with Crippen LogP contribution >= 0.6 is 0 Å². The van der Waals surface area contributed by atoms with Crippen LogP contribution in [0, 0.1) is 5.92 Å². The monoisotopic (exact) mass is 138 g/mol. The number of hydrogen-bond donors (Lipinski definition) is 0. The first-order chi connectivity index (χ1) is 4.85. The van der Waals surface area contributed by atoms with Crippen LogP contribution in [0.3, 0.4) is 0 Å². The third kappa shape index (κ3) is 4.37. The zero-order valence-electron chi connectivity index (χ0n) is 6.97. The van der Waals surface area contributed by atoms with Crippen molar-refractivity contribution in [1.29, 1.82) is 0 Å². The van der Waals surface area contributed by atoms with Gasteiger partial charge in [0.2, 0.25) is 0 Å². The lowest BCUT2D eigenvalue weighted by Gasteiger charge is -2.07. The Morgan fingerprint density at radius 2 is 2.00 bits per heavy atom. The van der Waals surface area contributed by atoms with Crippen molar-refractivity contribution in [3.8, 4) is 0 Å². The molecule has 0 spiro atoms. The third-order valence-corrected chi connectivity index (χ3v) is 1.73. The van der Waals surface area contributed by atoms with Crippen LogP contribution in [0.1, 0.15) is 32.6 Å². The van der Waals surface area contributed by atoms with E-state index in [0.717, 1.165) is 6.42 Å². The number of allylic oxidation sites excluding steroid dienone is 2. The first-order valence-corrected chi connectivity index (χ1v) is 4.08. The highest BCUT2D eigenvalue weighted by molar-refractivity contribution is 4.81. The number of hydrogen-bond acceptors (Lipinski definition) is 0. The van der Waals surface area contributed by atoms with Crippen molar-refractivity contribution in [2.45, 2.75) is 32.6 Å². The molecule has 0 saturated heterocycles. The highest BCUT2D eigenvalue weighted by atomic mass is 14.0. The van der Waals surface area contributed by atoms with Crippen molar-refractivity contribution in [2.24, 2.45) is 5.92 Å². The second-order valence-electron chi connectivity index (χ2n) is 2.65. The molecule has 0 N–H and O–H groups in total. The van der Waals surface area contributed by atoms with Gasteiger partial charge in [0.15, 0.2) is 0 Å². The van der Waals surface area contributed by atoms with Gasteiger partial charge in [-0.25, -0.2) is 0 Å². The molecule has 0 heteroatoms. The Labute approximate surface area is 64.6 Å². The highest BCUT2D eigenvalue weighted by Crippen LogP contribution is 2.13. The Bertz CT molecular complexity index is 92.2. The lowest BCUT2D eigenvalue weighted by atomic mass is 9.98. The minimum atomic E-state index is 0.711. The molecule has 1 atom stereocenters. The van der Waals surface area contributed by atoms with Gasteiger partial charge >= 0.3 is 0 Å². The molecule has 0 aromatic rings. The van der Waals surface area contributed by atoms with Gasteiger partial charge in [0.25, 0.3) is 0 Å². The average Bonchev–Trinajstić information content (AvgIpc) is 1.98. The van der Waals surface area contributed by atoms with Crippen LogP contribution in [0.5, 0.6) is 0 Å². The molecule has 0 fully saturated rings. The van der Waals surface area contributed by atoms with Crippen molar-refractivity contribution >= 4 is 0 Å². The summed E-state index contributed by atoms with van der Waals surface area (Å²) >= 11 is 0. The van der Waals surface area contributed by atoms with Crippen LogP contribution in [0.4, 0.5) is 0 Å². The van der Waals surface area contributed by atoms with Crippen LogP contribution < -0.4 is 0 Å². The molecule has 0 bridgehead atoms. The molecule has 0 heterocycles. The fourth-order valence-electron chi connectivity index (χ4n) is 1.08. The maximum Gasteiger partial charge on any atom is -0.0233 e. The van der Waals surface area contributed by atoms with Gasteiger partial charge < -0.3 is 0 Å². The van der Waals surface area contributed by atoms with E-state index in [1.165, 1.54) is 19.3 Å². The molecule has 0 saturated carbocycles. The third-order valence-electron chi connectivity index (χ3n) is 1.73. The summed E-state index contributed by atoms with van der Waals surface area (Å²) in [6, 6.07) is 0. The molecular weight excluding hydrogens is 120 g/mol. The van der Waals surface area contributed by atoms with Gasteiger partial charge in [0, 0.05) is 0 Å². The fraction of sp³-hybridized carbons (Fsp3) is 0.600. The largest absolute Gasteiger partial charge is 0.103 e. The molecule has 0 amide bonds. The van der Waals surface area contributed by atoms with Crippen LogP contribution in [-0.4, -0.2) is 0 Å². The molecule has 1 unspecified atom stereocenters. The maximum absolute atomic E-state index is 3.80. The molecule has 10 heavy (non-hydrogen) atoms. The van der Waals surface area contributed by atoms with Gasteiger partial charge in [-0.05, 0) is 25.2 Å². The second-order valence-corrected chi connectivity index (χ2v) is 2.65. The van der Waals surface area contributed by atoms with E-state index < -0.39 is 0 Å². The molecular formula is C10H18. The maximum atomic E-state index is 3.80. The molecule has 0 aliphatic heterocycles. The topological polar surface area (TPSA) is 0 Å². The predicted octanol–water partition coefficient (Wildman–Crippen LogP) is 3.55. The normalized spacial score (nSPS) is 12.5.